The van der Waals surface area contributed by atoms with E-state index in [1.807, 2.05) is 6.26 Å². The van der Waals surface area contributed by atoms with Crippen LogP contribution in [0.2, 0.25) is 0 Å². The number of alkyl halides is 3. The average Bonchev–Trinajstić information content (AvgIpc) is 2.43. The van der Waals surface area contributed by atoms with Gasteiger partial charge in [-0.15, -0.1) is 0 Å². The Morgan fingerprint density at radius 2 is 2.14 bits per heavy atom. The van der Waals surface area contributed by atoms with E-state index >= 15 is 0 Å². The number of rotatable bonds is 6. The highest BCUT2D eigenvalue weighted by atomic mass is 32.2. The predicted molar refractivity (Wildman–Crippen MR) is 77.6 cm³/mol. The van der Waals surface area contributed by atoms with Crippen molar-refractivity contribution in [3.63, 3.8) is 0 Å². The van der Waals surface area contributed by atoms with Crippen molar-refractivity contribution in [1.29, 1.82) is 0 Å². The highest BCUT2D eigenvalue weighted by molar-refractivity contribution is 7.98. The van der Waals surface area contributed by atoms with Crippen molar-refractivity contribution in [2.75, 3.05) is 24.4 Å². The van der Waals surface area contributed by atoms with Crippen LogP contribution in [0.3, 0.4) is 0 Å². The first-order chi connectivity index (χ1) is 9.79. The van der Waals surface area contributed by atoms with Crippen LogP contribution in [0.25, 0.3) is 0 Å². The Balaban J connectivity index is 2.94. The molecule has 0 heterocycles. The number of ether oxygens (including phenoxy) is 1. The van der Waals surface area contributed by atoms with Gasteiger partial charge in [0.1, 0.15) is 5.75 Å². The molecule has 0 aromatic heterocycles. The van der Waals surface area contributed by atoms with Crippen molar-refractivity contribution in [2.45, 2.75) is 18.6 Å². The third-order valence-corrected chi connectivity index (χ3v) is 3.40. The van der Waals surface area contributed by atoms with Crippen LogP contribution in [-0.2, 0) is 11.0 Å². The van der Waals surface area contributed by atoms with Gasteiger partial charge in [0.05, 0.1) is 24.4 Å². The van der Waals surface area contributed by atoms with Crippen molar-refractivity contribution in [1.82, 2.24) is 0 Å². The third-order valence-electron chi connectivity index (χ3n) is 2.76. The minimum absolute atomic E-state index is 0.0620. The summed E-state index contributed by atoms with van der Waals surface area (Å²) in [5.74, 6) is 0.0790. The molecule has 1 aromatic carbocycles. The van der Waals surface area contributed by atoms with Crippen LogP contribution < -0.4 is 15.8 Å². The molecule has 21 heavy (non-hydrogen) atoms. The molecule has 0 radical (unpaired) electrons. The number of hydrogen-bond donors (Lipinski definition) is 2. The topological polar surface area (TPSA) is 64.3 Å². The second-order valence-corrected chi connectivity index (χ2v) is 5.27. The number of carbonyl (C=O) groups is 1. The Morgan fingerprint density at radius 1 is 1.48 bits per heavy atom. The third kappa shape index (κ3) is 5.13. The van der Waals surface area contributed by atoms with Gasteiger partial charge in [-0.1, -0.05) is 0 Å². The van der Waals surface area contributed by atoms with E-state index in [9.17, 15) is 18.0 Å². The maximum atomic E-state index is 13.0. The summed E-state index contributed by atoms with van der Waals surface area (Å²) >= 11 is 1.51. The van der Waals surface area contributed by atoms with E-state index in [1.165, 1.54) is 24.9 Å². The monoisotopic (exact) mass is 322 g/mol. The number of hydrogen-bond acceptors (Lipinski definition) is 4. The van der Waals surface area contributed by atoms with Crippen molar-refractivity contribution in [3.05, 3.63) is 23.8 Å². The molecule has 3 N–H and O–H groups in total. The molecule has 0 unspecified atom stereocenters. The van der Waals surface area contributed by atoms with Crippen molar-refractivity contribution < 1.29 is 22.7 Å². The van der Waals surface area contributed by atoms with E-state index in [1.54, 1.807) is 0 Å². The zero-order valence-electron chi connectivity index (χ0n) is 11.7. The quantitative estimate of drug-likeness (QED) is 0.845. The van der Waals surface area contributed by atoms with Crippen LogP contribution in [-0.4, -0.2) is 31.1 Å². The molecule has 0 fully saturated rings. The van der Waals surface area contributed by atoms with Gasteiger partial charge in [0.2, 0.25) is 5.91 Å². The van der Waals surface area contributed by atoms with Crippen LogP contribution in [0.1, 0.15) is 12.0 Å². The molecule has 4 nitrogen and oxygen atoms in total. The van der Waals surface area contributed by atoms with Crippen LogP contribution in [0, 0.1) is 0 Å². The van der Waals surface area contributed by atoms with Crippen LogP contribution in [0.4, 0.5) is 18.9 Å². The van der Waals surface area contributed by atoms with E-state index in [0.29, 0.717) is 12.2 Å². The van der Waals surface area contributed by atoms with Gasteiger partial charge in [-0.05, 0) is 36.6 Å². The summed E-state index contributed by atoms with van der Waals surface area (Å²) in [4.78, 5) is 11.8. The highest BCUT2D eigenvalue weighted by Crippen LogP contribution is 2.37. The number of benzene rings is 1. The average molecular weight is 322 g/mol. The molecule has 1 rings (SSSR count). The lowest BCUT2D eigenvalue weighted by molar-refractivity contribution is -0.137. The van der Waals surface area contributed by atoms with E-state index in [2.05, 4.69) is 5.32 Å². The molecular weight excluding hydrogens is 305 g/mol. The maximum absolute atomic E-state index is 13.0. The summed E-state index contributed by atoms with van der Waals surface area (Å²) in [7, 11) is 1.27. The van der Waals surface area contributed by atoms with E-state index in [4.69, 9.17) is 10.5 Å². The second-order valence-electron chi connectivity index (χ2n) is 4.29. The lowest BCUT2D eigenvalue weighted by atomic mass is 10.1. The molecule has 1 aromatic rings. The van der Waals surface area contributed by atoms with Gasteiger partial charge in [0, 0.05) is 0 Å². The molecule has 0 spiro atoms. The fourth-order valence-corrected chi connectivity index (χ4v) is 2.08. The zero-order valence-corrected chi connectivity index (χ0v) is 12.5. The smallest absolute Gasteiger partial charge is 0.418 e. The van der Waals surface area contributed by atoms with Crippen molar-refractivity contribution >= 4 is 23.4 Å². The summed E-state index contributed by atoms with van der Waals surface area (Å²) in [5, 5.41) is 2.23. The van der Waals surface area contributed by atoms with Gasteiger partial charge < -0.3 is 15.8 Å². The van der Waals surface area contributed by atoms with Gasteiger partial charge >= 0.3 is 6.18 Å². The number of halogens is 3. The number of carbonyl (C=O) groups excluding carboxylic acids is 1. The summed E-state index contributed by atoms with van der Waals surface area (Å²) in [6, 6.07) is 2.49. The molecule has 0 aliphatic heterocycles. The summed E-state index contributed by atoms with van der Waals surface area (Å²) in [6.07, 6.45) is -2.35. The van der Waals surface area contributed by atoms with E-state index in [0.717, 1.165) is 12.1 Å². The molecular formula is C13H17F3N2O2S. The number of methoxy groups -OCH3 is 1. The Kier molecular flexibility index (Phi) is 6.35. The van der Waals surface area contributed by atoms with Crippen molar-refractivity contribution in [2.24, 2.45) is 5.73 Å². The van der Waals surface area contributed by atoms with Crippen LogP contribution in [0.5, 0.6) is 5.75 Å². The predicted octanol–water partition coefficient (Wildman–Crippen LogP) is 2.73. The van der Waals surface area contributed by atoms with Gasteiger partial charge in [0.15, 0.2) is 0 Å². The number of thioether (sulfide) groups is 1. The molecule has 0 aliphatic carbocycles. The van der Waals surface area contributed by atoms with Gasteiger partial charge in [-0.3, -0.25) is 4.79 Å². The fraction of sp³-hybridized carbons (Fsp3) is 0.462. The lowest BCUT2D eigenvalue weighted by Gasteiger charge is -2.17. The molecule has 1 amide bonds. The fourth-order valence-electron chi connectivity index (χ4n) is 1.60. The molecule has 0 bridgehead atoms. The summed E-state index contributed by atoms with van der Waals surface area (Å²) in [5.41, 5.74) is 4.34. The first-order valence-corrected chi connectivity index (χ1v) is 7.49. The Hall–Kier alpha value is -1.41. The lowest BCUT2D eigenvalue weighted by Crippen LogP contribution is -2.36. The Labute approximate surface area is 125 Å². The van der Waals surface area contributed by atoms with Crippen molar-refractivity contribution in [3.8, 4) is 5.75 Å². The minimum atomic E-state index is -4.60. The first kappa shape index (κ1) is 17.6. The largest absolute Gasteiger partial charge is 0.497 e. The first-order valence-electron chi connectivity index (χ1n) is 6.10. The normalized spacial score (nSPS) is 12.9. The standard InChI is InChI=1S/C13H17F3N2O2S/c1-20-8-3-4-11(9(7-8)13(14,15)16)18-12(19)10(17)5-6-21-2/h3-4,7,10H,5-6,17H2,1-2H3,(H,18,19)/t10-/m1/s1. The van der Waals surface area contributed by atoms with Crippen LogP contribution in [0.15, 0.2) is 18.2 Å². The summed E-state index contributed by atoms with van der Waals surface area (Å²) < 4.78 is 43.7. The van der Waals surface area contributed by atoms with Gasteiger partial charge in [-0.2, -0.15) is 24.9 Å². The van der Waals surface area contributed by atoms with E-state index in [-0.39, 0.29) is 11.4 Å². The molecule has 0 aliphatic rings. The number of amides is 1. The molecule has 118 valence electrons. The number of anilines is 1. The second kappa shape index (κ2) is 7.56. The minimum Gasteiger partial charge on any atom is -0.497 e. The summed E-state index contributed by atoms with van der Waals surface area (Å²) in [6.45, 7) is 0. The van der Waals surface area contributed by atoms with Gasteiger partial charge in [0.25, 0.3) is 0 Å². The molecule has 8 heteroatoms. The van der Waals surface area contributed by atoms with Gasteiger partial charge in [-0.25, -0.2) is 0 Å². The maximum Gasteiger partial charge on any atom is 0.418 e. The van der Waals surface area contributed by atoms with E-state index < -0.39 is 23.7 Å². The SMILES string of the molecule is COc1ccc(NC(=O)[C@H](N)CCSC)c(C(F)(F)F)c1. The number of nitrogens with one attached hydrogen (secondary N) is 1. The van der Waals surface area contributed by atoms with Crippen LogP contribution >= 0.6 is 11.8 Å². The molecule has 1 atom stereocenters. The Morgan fingerprint density at radius 3 is 2.67 bits per heavy atom. The Bertz CT molecular complexity index is 495. The molecule has 0 saturated heterocycles. The highest BCUT2D eigenvalue weighted by Gasteiger charge is 2.34. The molecule has 0 saturated carbocycles. The number of nitrogens with two attached hydrogens (primary N) is 1. The zero-order chi connectivity index (χ0) is 16.0.